The van der Waals surface area contributed by atoms with Gasteiger partial charge < -0.3 is 15.4 Å². The minimum atomic E-state index is -4.41. The van der Waals surface area contributed by atoms with Crippen molar-refractivity contribution in [3.8, 4) is 5.88 Å². The molecule has 27 heavy (non-hydrogen) atoms. The number of pyridine rings is 1. The van der Waals surface area contributed by atoms with Crippen LogP contribution in [0, 0.1) is 0 Å². The fraction of sp³-hybridized carbons (Fsp3) is 0.368. The lowest BCUT2D eigenvalue weighted by atomic mass is 10.0. The molecule has 0 aliphatic heterocycles. The molecule has 8 heteroatoms. The Morgan fingerprint density at radius 2 is 1.89 bits per heavy atom. The highest BCUT2D eigenvalue weighted by atomic mass is 19.4. The van der Waals surface area contributed by atoms with Gasteiger partial charge in [-0.1, -0.05) is 24.3 Å². The number of rotatable bonds is 7. The molecule has 0 fully saturated rings. The van der Waals surface area contributed by atoms with Gasteiger partial charge in [0.2, 0.25) is 5.88 Å². The van der Waals surface area contributed by atoms with E-state index in [-0.39, 0.29) is 31.2 Å². The Labute approximate surface area is 155 Å². The molecule has 1 aromatic heterocycles. The second-order valence-corrected chi connectivity index (χ2v) is 6.19. The van der Waals surface area contributed by atoms with E-state index < -0.39 is 17.8 Å². The van der Waals surface area contributed by atoms with Crippen molar-refractivity contribution >= 4 is 6.03 Å². The highest BCUT2D eigenvalue weighted by Gasteiger charge is 2.32. The predicted molar refractivity (Wildman–Crippen MR) is 95.4 cm³/mol. The molecule has 0 saturated carbocycles. The summed E-state index contributed by atoms with van der Waals surface area (Å²) < 4.78 is 44.2. The molecule has 0 aliphatic carbocycles. The van der Waals surface area contributed by atoms with Crippen LogP contribution in [0.25, 0.3) is 0 Å². The maximum absolute atomic E-state index is 12.9. The van der Waals surface area contributed by atoms with Gasteiger partial charge in [0.25, 0.3) is 0 Å². The SMILES string of the molecule is CC(C)Oc1ccc(CNC(=O)NCCc2ccccc2C(F)(F)F)cn1. The molecule has 1 heterocycles. The highest BCUT2D eigenvalue weighted by Crippen LogP contribution is 2.31. The van der Waals surface area contributed by atoms with Crippen molar-refractivity contribution in [1.29, 1.82) is 0 Å². The first-order valence-corrected chi connectivity index (χ1v) is 8.54. The van der Waals surface area contributed by atoms with Crippen LogP contribution in [0.15, 0.2) is 42.6 Å². The van der Waals surface area contributed by atoms with Crippen molar-refractivity contribution in [3.05, 3.63) is 59.3 Å². The van der Waals surface area contributed by atoms with Gasteiger partial charge in [-0.3, -0.25) is 0 Å². The maximum atomic E-state index is 12.9. The number of hydrogen-bond donors (Lipinski definition) is 2. The van der Waals surface area contributed by atoms with Gasteiger partial charge in [-0.15, -0.1) is 0 Å². The molecule has 0 spiro atoms. The number of urea groups is 1. The van der Waals surface area contributed by atoms with Crippen molar-refractivity contribution in [1.82, 2.24) is 15.6 Å². The topological polar surface area (TPSA) is 63.2 Å². The molecule has 5 nitrogen and oxygen atoms in total. The summed E-state index contributed by atoms with van der Waals surface area (Å²) in [6, 6.07) is 8.38. The Bertz CT molecular complexity index is 747. The van der Waals surface area contributed by atoms with Gasteiger partial charge in [0, 0.05) is 25.4 Å². The minimum absolute atomic E-state index is 0.0229. The zero-order chi connectivity index (χ0) is 19.9. The molecule has 2 N–H and O–H groups in total. The van der Waals surface area contributed by atoms with E-state index in [9.17, 15) is 18.0 Å². The maximum Gasteiger partial charge on any atom is 0.416 e. The molecule has 0 atom stereocenters. The van der Waals surface area contributed by atoms with Crippen LogP contribution in [0.2, 0.25) is 0 Å². The smallest absolute Gasteiger partial charge is 0.416 e. The number of amides is 2. The molecule has 0 radical (unpaired) electrons. The predicted octanol–water partition coefficient (Wildman–Crippen LogP) is 3.93. The van der Waals surface area contributed by atoms with Crippen molar-refractivity contribution in [2.24, 2.45) is 0 Å². The molecular weight excluding hydrogens is 359 g/mol. The number of alkyl halides is 3. The van der Waals surface area contributed by atoms with Crippen LogP contribution >= 0.6 is 0 Å². The number of carbonyl (C=O) groups is 1. The van der Waals surface area contributed by atoms with E-state index in [1.807, 2.05) is 13.8 Å². The number of nitrogens with zero attached hydrogens (tertiary/aromatic N) is 1. The zero-order valence-electron chi connectivity index (χ0n) is 15.1. The Hall–Kier alpha value is -2.77. The fourth-order valence-electron chi connectivity index (χ4n) is 2.40. The van der Waals surface area contributed by atoms with E-state index >= 15 is 0 Å². The van der Waals surface area contributed by atoms with Crippen LogP contribution in [0.5, 0.6) is 5.88 Å². The summed E-state index contributed by atoms with van der Waals surface area (Å²) in [5.41, 5.74) is 0.251. The molecule has 146 valence electrons. The summed E-state index contributed by atoms with van der Waals surface area (Å²) in [5.74, 6) is 0.501. The van der Waals surface area contributed by atoms with Gasteiger partial charge in [-0.05, 0) is 37.5 Å². The zero-order valence-corrected chi connectivity index (χ0v) is 15.1. The number of benzene rings is 1. The molecular formula is C19H22F3N3O2. The Kier molecular flexibility index (Phi) is 7.04. The van der Waals surface area contributed by atoms with Crippen LogP contribution in [-0.2, 0) is 19.1 Å². The van der Waals surface area contributed by atoms with E-state index in [0.29, 0.717) is 5.88 Å². The molecule has 1 aromatic carbocycles. The van der Waals surface area contributed by atoms with Gasteiger partial charge >= 0.3 is 12.2 Å². The van der Waals surface area contributed by atoms with E-state index in [2.05, 4.69) is 15.6 Å². The summed E-state index contributed by atoms with van der Waals surface area (Å²) in [7, 11) is 0. The van der Waals surface area contributed by atoms with E-state index in [0.717, 1.165) is 11.6 Å². The van der Waals surface area contributed by atoms with E-state index in [4.69, 9.17) is 4.74 Å². The lowest BCUT2D eigenvalue weighted by Gasteiger charge is -2.13. The first-order chi connectivity index (χ1) is 12.8. The molecule has 2 aromatic rings. The summed E-state index contributed by atoms with van der Waals surface area (Å²) >= 11 is 0. The monoisotopic (exact) mass is 381 g/mol. The van der Waals surface area contributed by atoms with Crippen molar-refractivity contribution in [3.63, 3.8) is 0 Å². The lowest BCUT2D eigenvalue weighted by molar-refractivity contribution is -0.138. The van der Waals surface area contributed by atoms with Crippen LogP contribution in [0.4, 0.5) is 18.0 Å². The van der Waals surface area contributed by atoms with E-state index in [1.54, 1.807) is 24.4 Å². The van der Waals surface area contributed by atoms with Crippen LogP contribution < -0.4 is 15.4 Å². The average molecular weight is 381 g/mol. The number of hydrogen-bond acceptors (Lipinski definition) is 3. The molecule has 2 rings (SSSR count). The minimum Gasteiger partial charge on any atom is -0.475 e. The molecule has 2 amide bonds. The number of nitrogens with one attached hydrogen (secondary N) is 2. The summed E-state index contributed by atoms with van der Waals surface area (Å²) in [4.78, 5) is 15.9. The largest absolute Gasteiger partial charge is 0.475 e. The number of halogens is 3. The second-order valence-electron chi connectivity index (χ2n) is 6.19. The average Bonchev–Trinajstić information content (AvgIpc) is 2.60. The van der Waals surface area contributed by atoms with Crippen LogP contribution in [0.1, 0.15) is 30.5 Å². The Balaban J connectivity index is 1.77. The first-order valence-electron chi connectivity index (χ1n) is 8.54. The first kappa shape index (κ1) is 20.5. The third-order valence-corrected chi connectivity index (χ3v) is 3.61. The molecule has 0 unspecified atom stereocenters. The summed E-state index contributed by atoms with van der Waals surface area (Å²) in [5, 5.41) is 5.19. The molecule has 0 bridgehead atoms. The highest BCUT2D eigenvalue weighted by molar-refractivity contribution is 5.73. The van der Waals surface area contributed by atoms with Gasteiger partial charge in [-0.25, -0.2) is 9.78 Å². The third-order valence-electron chi connectivity index (χ3n) is 3.61. The van der Waals surface area contributed by atoms with Gasteiger partial charge in [0.05, 0.1) is 11.7 Å². The number of carbonyl (C=O) groups excluding carboxylic acids is 1. The number of aromatic nitrogens is 1. The number of ether oxygens (including phenoxy) is 1. The van der Waals surface area contributed by atoms with Crippen molar-refractivity contribution < 1.29 is 22.7 Å². The van der Waals surface area contributed by atoms with Crippen molar-refractivity contribution in [2.75, 3.05) is 6.54 Å². The van der Waals surface area contributed by atoms with Crippen LogP contribution in [-0.4, -0.2) is 23.7 Å². The van der Waals surface area contributed by atoms with E-state index in [1.165, 1.54) is 12.1 Å². The van der Waals surface area contributed by atoms with Crippen LogP contribution in [0.3, 0.4) is 0 Å². The molecule has 0 aliphatic rings. The second kappa shape index (κ2) is 9.25. The normalized spacial score (nSPS) is 11.3. The fourth-order valence-corrected chi connectivity index (χ4v) is 2.40. The Morgan fingerprint density at radius 3 is 2.52 bits per heavy atom. The molecule has 0 saturated heterocycles. The summed E-state index contributed by atoms with van der Waals surface area (Å²) in [6.45, 7) is 4.14. The van der Waals surface area contributed by atoms with Gasteiger partial charge in [-0.2, -0.15) is 13.2 Å². The van der Waals surface area contributed by atoms with Crippen molar-refractivity contribution in [2.45, 2.75) is 39.1 Å². The third kappa shape index (κ3) is 6.80. The van der Waals surface area contributed by atoms with Gasteiger partial charge in [0.1, 0.15) is 0 Å². The Morgan fingerprint density at radius 1 is 1.15 bits per heavy atom. The van der Waals surface area contributed by atoms with Gasteiger partial charge in [0.15, 0.2) is 0 Å². The summed E-state index contributed by atoms with van der Waals surface area (Å²) in [6.07, 6.45) is -2.70. The quantitative estimate of drug-likeness (QED) is 0.764. The standard InChI is InChI=1S/C19H22F3N3O2/c1-13(2)27-17-8-7-14(11-24-17)12-25-18(26)23-10-9-15-5-3-4-6-16(15)19(20,21)22/h3-8,11,13H,9-10,12H2,1-2H3,(H2,23,25,26). The lowest BCUT2D eigenvalue weighted by Crippen LogP contribution is -2.36.